The van der Waals surface area contributed by atoms with Crippen molar-refractivity contribution in [2.24, 2.45) is 11.8 Å². The molecule has 3 N–H and O–H groups in total. The summed E-state index contributed by atoms with van der Waals surface area (Å²) in [6.45, 7) is 7.39. The van der Waals surface area contributed by atoms with Gasteiger partial charge in [-0.2, -0.15) is 0 Å². The van der Waals surface area contributed by atoms with E-state index in [4.69, 9.17) is 4.74 Å². The van der Waals surface area contributed by atoms with Crippen LogP contribution in [0.1, 0.15) is 48.5 Å². The van der Waals surface area contributed by atoms with Gasteiger partial charge in [-0.25, -0.2) is 0 Å². The van der Waals surface area contributed by atoms with Crippen LogP contribution in [-0.2, 0) is 32.0 Å². The standard InChI is InChI=1S/C37H44N2O5/c1-3-5-20-32(23-28-16-9-6-10-17-28)37(43)44-34(30-21-13-8-14-22-30)26-38-36(42)31(15-4-2)25-35(41)39-33(27-40)24-29-18-11-7-12-19-29/h3-4,6-14,16-19,21-22,31-34,40H,1-2,5,15,20,23-27H2,(H,38,42)(H,39,41)/t31-,32-,33-,34+/m1/s1. The molecule has 3 rings (SSSR count). The van der Waals surface area contributed by atoms with Crippen molar-refractivity contribution in [3.05, 3.63) is 133 Å². The Morgan fingerprint density at radius 3 is 1.95 bits per heavy atom. The van der Waals surface area contributed by atoms with Gasteiger partial charge >= 0.3 is 5.97 Å². The van der Waals surface area contributed by atoms with Gasteiger partial charge in [-0.05, 0) is 48.8 Å². The topological polar surface area (TPSA) is 105 Å². The molecule has 2 amide bonds. The summed E-state index contributed by atoms with van der Waals surface area (Å²) in [5.41, 5.74) is 2.79. The number of allylic oxidation sites excluding steroid dienone is 2. The van der Waals surface area contributed by atoms with E-state index in [1.54, 1.807) is 12.2 Å². The van der Waals surface area contributed by atoms with Crippen LogP contribution in [0.2, 0.25) is 0 Å². The van der Waals surface area contributed by atoms with Gasteiger partial charge in [0.25, 0.3) is 0 Å². The van der Waals surface area contributed by atoms with Gasteiger partial charge in [-0.1, -0.05) is 103 Å². The lowest BCUT2D eigenvalue weighted by Crippen LogP contribution is -2.42. The lowest BCUT2D eigenvalue weighted by Gasteiger charge is -2.24. The monoisotopic (exact) mass is 596 g/mol. The molecule has 7 heteroatoms. The fourth-order valence-corrected chi connectivity index (χ4v) is 5.04. The molecule has 44 heavy (non-hydrogen) atoms. The predicted molar refractivity (Wildman–Crippen MR) is 173 cm³/mol. The number of aliphatic hydroxyl groups is 1. The zero-order valence-electron chi connectivity index (χ0n) is 25.3. The highest BCUT2D eigenvalue weighted by Crippen LogP contribution is 2.23. The second-order valence-electron chi connectivity index (χ2n) is 10.9. The number of nitrogens with one attached hydrogen (secondary N) is 2. The molecular weight excluding hydrogens is 552 g/mol. The molecule has 0 bridgehead atoms. The Kier molecular flexibility index (Phi) is 14.6. The number of hydrogen-bond donors (Lipinski definition) is 3. The highest BCUT2D eigenvalue weighted by molar-refractivity contribution is 5.86. The number of benzene rings is 3. The van der Waals surface area contributed by atoms with E-state index in [9.17, 15) is 19.5 Å². The van der Waals surface area contributed by atoms with E-state index in [-0.39, 0.29) is 49.7 Å². The highest BCUT2D eigenvalue weighted by atomic mass is 16.5. The van der Waals surface area contributed by atoms with E-state index >= 15 is 0 Å². The van der Waals surface area contributed by atoms with Gasteiger partial charge in [0, 0.05) is 6.42 Å². The molecule has 0 unspecified atom stereocenters. The van der Waals surface area contributed by atoms with Crippen LogP contribution in [0.4, 0.5) is 0 Å². The van der Waals surface area contributed by atoms with E-state index < -0.39 is 18.1 Å². The van der Waals surface area contributed by atoms with E-state index in [0.717, 1.165) is 16.7 Å². The molecule has 3 aromatic carbocycles. The Labute approximate surface area is 261 Å². The maximum atomic E-state index is 13.5. The van der Waals surface area contributed by atoms with Crippen LogP contribution < -0.4 is 10.6 Å². The molecule has 0 aromatic heterocycles. The average Bonchev–Trinajstić information content (AvgIpc) is 3.05. The van der Waals surface area contributed by atoms with Crippen LogP contribution in [0.25, 0.3) is 0 Å². The van der Waals surface area contributed by atoms with Crippen molar-refractivity contribution in [1.82, 2.24) is 10.6 Å². The summed E-state index contributed by atoms with van der Waals surface area (Å²) in [4.78, 5) is 39.7. The normalized spacial score (nSPS) is 13.5. The van der Waals surface area contributed by atoms with Crippen molar-refractivity contribution in [3.63, 3.8) is 0 Å². The average molecular weight is 597 g/mol. The van der Waals surface area contributed by atoms with Gasteiger partial charge < -0.3 is 20.5 Å². The SMILES string of the molecule is C=CCC[C@H](Cc1ccccc1)C(=O)O[C@@H](CNC(=O)[C@H](CC=C)CC(=O)N[C@@H](CO)Cc1ccccc1)c1ccccc1. The van der Waals surface area contributed by atoms with Crippen molar-refractivity contribution >= 4 is 17.8 Å². The Hall–Kier alpha value is -4.49. The third-order valence-electron chi connectivity index (χ3n) is 7.43. The number of carbonyl (C=O) groups is 3. The lowest BCUT2D eigenvalue weighted by atomic mass is 9.94. The molecule has 0 fully saturated rings. The number of ether oxygens (including phenoxy) is 1. The maximum Gasteiger partial charge on any atom is 0.309 e. The highest BCUT2D eigenvalue weighted by Gasteiger charge is 2.27. The summed E-state index contributed by atoms with van der Waals surface area (Å²) in [6, 6.07) is 28.2. The first kappa shape index (κ1) is 34.0. The minimum Gasteiger partial charge on any atom is -0.455 e. The first-order chi connectivity index (χ1) is 21.4. The zero-order valence-corrected chi connectivity index (χ0v) is 25.3. The van der Waals surface area contributed by atoms with Gasteiger partial charge in [0.2, 0.25) is 11.8 Å². The minimum atomic E-state index is -0.711. The van der Waals surface area contributed by atoms with Gasteiger partial charge in [-0.3, -0.25) is 14.4 Å². The molecular formula is C37H44N2O5. The third kappa shape index (κ3) is 11.7. The summed E-state index contributed by atoms with van der Waals surface area (Å²) in [5.74, 6) is -2.06. The second kappa shape index (κ2) is 18.9. The number of amides is 2. The molecule has 0 saturated carbocycles. The molecule has 0 aliphatic heterocycles. The fraction of sp³-hybridized carbons (Fsp3) is 0.324. The first-order valence-corrected chi connectivity index (χ1v) is 15.2. The number of rotatable bonds is 19. The van der Waals surface area contributed by atoms with Crippen LogP contribution in [0, 0.1) is 11.8 Å². The molecule has 0 heterocycles. The van der Waals surface area contributed by atoms with Crippen LogP contribution in [-0.4, -0.2) is 42.1 Å². The molecule has 0 saturated heterocycles. The molecule has 232 valence electrons. The van der Waals surface area contributed by atoms with Crippen molar-refractivity contribution in [3.8, 4) is 0 Å². The van der Waals surface area contributed by atoms with Crippen LogP contribution in [0.3, 0.4) is 0 Å². The Morgan fingerprint density at radius 2 is 1.39 bits per heavy atom. The van der Waals surface area contributed by atoms with E-state index in [1.807, 2.05) is 91.0 Å². The van der Waals surface area contributed by atoms with E-state index in [0.29, 0.717) is 25.7 Å². The Morgan fingerprint density at radius 1 is 0.795 bits per heavy atom. The van der Waals surface area contributed by atoms with E-state index in [1.165, 1.54) is 0 Å². The second-order valence-corrected chi connectivity index (χ2v) is 10.9. The number of aliphatic hydroxyl groups excluding tert-OH is 1. The Balaban J connectivity index is 1.65. The van der Waals surface area contributed by atoms with Crippen LogP contribution >= 0.6 is 0 Å². The lowest BCUT2D eigenvalue weighted by molar-refractivity contribution is -0.155. The van der Waals surface area contributed by atoms with Crippen LogP contribution in [0.5, 0.6) is 0 Å². The third-order valence-corrected chi connectivity index (χ3v) is 7.43. The number of hydrogen-bond acceptors (Lipinski definition) is 5. The van der Waals surface area contributed by atoms with Gasteiger partial charge in [-0.15, -0.1) is 13.2 Å². The molecule has 0 aliphatic carbocycles. The smallest absolute Gasteiger partial charge is 0.309 e. The Bertz CT molecular complexity index is 1310. The number of esters is 1. The summed E-state index contributed by atoms with van der Waals surface area (Å²) in [6.07, 6.45) is 5.19. The van der Waals surface area contributed by atoms with Crippen molar-refractivity contribution in [2.75, 3.05) is 13.2 Å². The van der Waals surface area contributed by atoms with Crippen LogP contribution in [0.15, 0.2) is 116 Å². The number of carbonyl (C=O) groups excluding carboxylic acids is 3. The fourth-order valence-electron chi connectivity index (χ4n) is 5.04. The van der Waals surface area contributed by atoms with Gasteiger partial charge in [0.15, 0.2) is 0 Å². The largest absolute Gasteiger partial charge is 0.455 e. The molecule has 7 nitrogen and oxygen atoms in total. The maximum absolute atomic E-state index is 13.5. The minimum absolute atomic E-state index is 0.0522. The molecule has 0 spiro atoms. The quantitative estimate of drug-likeness (QED) is 0.125. The predicted octanol–water partition coefficient (Wildman–Crippen LogP) is 5.51. The zero-order chi connectivity index (χ0) is 31.6. The van der Waals surface area contributed by atoms with Crippen molar-refractivity contribution in [2.45, 2.75) is 50.7 Å². The summed E-state index contributed by atoms with van der Waals surface area (Å²) < 4.78 is 6.05. The summed E-state index contributed by atoms with van der Waals surface area (Å²) in [7, 11) is 0. The van der Waals surface area contributed by atoms with Gasteiger partial charge in [0.05, 0.1) is 31.0 Å². The first-order valence-electron chi connectivity index (χ1n) is 15.2. The molecule has 0 aliphatic rings. The summed E-state index contributed by atoms with van der Waals surface area (Å²) in [5, 5.41) is 15.6. The molecule has 0 radical (unpaired) electrons. The summed E-state index contributed by atoms with van der Waals surface area (Å²) >= 11 is 0. The van der Waals surface area contributed by atoms with Crippen molar-refractivity contribution in [1.29, 1.82) is 0 Å². The van der Waals surface area contributed by atoms with E-state index in [2.05, 4.69) is 23.8 Å². The van der Waals surface area contributed by atoms with Gasteiger partial charge in [0.1, 0.15) is 6.10 Å². The molecule has 3 aromatic rings. The molecule has 4 atom stereocenters. The van der Waals surface area contributed by atoms with Crippen molar-refractivity contribution < 1.29 is 24.2 Å².